The Morgan fingerprint density at radius 3 is 2.00 bits per heavy atom. The van der Waals surface area contributed by atoms with Crippen molar-refractivity contribution < 1.29 is 18.1 Å². The van der Waals surface area contributed by atoms with E-state index in [0.717, 1.165) is 0 Å². The van der Waals surface area contributed by atoms with E-state index < -0.39 is 21.6 Å². The van der Waals surface area contributed by atoms with E-state index in [1.54, 1.807) is 0 Å². The topological polar surface area (TPSA) is 101 Å². The minimum Gasteiger partial charge on any atom is -0.377 e. The second-order valence-electron chi connectivity index (χ2n) is 1.95. The maximum Gasteiger partial charge on any atom is 0.271 e. The molecule has 0 spiro atoms. The van der Waals surface area contributed by atoms with Crippen molar-refractivity contribution in [2.45, 2.75) is 24.8 Å². The van der Waals surface area contributed by atoms with Crippen LogP contribution in [0.2, 0.25) is 0 Å². The molecule has 0 aliphatic carbocycles. The molecule has 0 aliphatic rings. The van der Waals surface area contributed by atoms with Gasteiger partial charge in [-0.15, -0.1) is 0 Å². The zero-order valence-corrected chi connectivity index (χ0v) is 6.37. The van der Waals surface area contributed by atoms with Gasteiger partial charge in [-0.05, 0) is 6.42 Å². The molecule has 0 bridgehead atoms. The smallest absolute Gasteiger partial charge is 0.271 e. The van der Waals surface area contributed by atoms with E-state index in [9.17, 15) is 8.42 Å². The van der Waals surface area contributed by atoms with Crippen molar-refractivity contribution >= 4 is 10.1 Å². The molecule has 0 aliphatic heterocycles. The van der Waals surface area contributed by atoms with Crippen molar-refractivity contribution in [3.63, 3.8) is 0 Å². The highest BCUT2D eigenvalue weighted by Crippen LogP contribution is 2.04. The predicted molar refractivity (Wildman–Crippen MR) is 35.8 cm³/mol. The van der Waals surface area contributed by atoms with Crippen LogP contribution in [0.4, 0.5) is 0 Å². The standard InChI is InChI=1S/C4H11NO4S/c1-2-3(4(5)6)10(7,8)9/h3-4,6H,2,5H2,1H3,(H,7,8,9). The number of hydrogen-bond donors (Lipinski definition) is 3. The SMILES string of the molecule is CCC(C(N)O)S(=O)(=O)O. The van der Waals surface area contributed by atoms with Crippen molar-refractivity contribution in [3.05, 3.63) is 0 Å². The first kappa shape index (κ1) is 9.83. The molecule has 62 valence electrons. The summed E-state index contributed by atoms with van der Waals surface area (Å²) in [5.41, 5.74) is 4.85. The average Bonchev–Trinajstić information content (AvgIpc) is 1.60. The minimum atomic E-state index is -4.19. The molecule has 6 heteroatoms. The third-order valence-electron chi connectivity index (χ3n) is 1.17. The van der Waals surface area contributed by atoms with E-state index in [1.807, 2.05) is 0 Å². The fourth-order valence-corrected chi connectivity index (χ4v) is 1.40. The quantitative estimate of drug-likeness (QED) is 0.369. The summed E-state index contributed by atoms with van der Waals surface area (Å²) in [5, 5.41) is 7.32. The first-order chi connectivity index (χ1) is 4.39. The molecule has 5 nitrogen and oxygen atoms in total. The molecule has 2 atom stereocenters. The first-order valence-corrected chi connectivity index (χ1v) is 4.30. The van der Waals surface area contributed by atoms with E-state index in [0.29, 0.717) is 0 Å². The zero-order valence-electron chi connectivity index (χ0n) is 5.56. The van der Waals surface area contributed by atoms with Gasteiger partial charge in [0.1, 0.15) is 11.5 Å². The van der Waals surface area contributed by atoms with Crippen LogP contribution in [0.15, 0.2) is 0 Å². The molecule has 0 radical (unpaired) electrons. The highest BCUT2D eigenvalue weighted by Gasteiger charge is 2.26. The van der Waals surface area contributed by atoms with Crippen LogP contribution in [-0.2, 0) is 10.1 Å². The molecule has 0 fully saturated rings. The maximum absolute atomic E-state index is 10.3. The molecule has 0 aromatic heterocycles. The highest BCUT2D eigenvalue weighted by atomic mass is 32.2. The zero-order chi connectivity index (χ0) is 8.36. The second-order valence-corrected chi connectivity index (χ2v) is 3.59. The summed E-state index contributed by atoms with van der Waals surface area (Å²) in [5.74, 6) is 0. The molecule has 0 heterocycles. The molecule has 0 amide bonds. The van der Waals surface area contributed by atoms with Crippen molar-refractivity contribution in [1.82, 2.24) is 0 Å². The predicted octanol–water partition coefficient (Wildman–Crippen LogP) is -1.07. The fraction of sp³-hybridized carbons (Fsp3) is 1.00. The lowest BCUT2D eigenvalue weighted by Crippen LogP contribution is -2.39. The number of aliphatic hydroxyl groups excluding tert-OH is 1. The monoisotopic (exact) mass is 169 g/mol. The van der Waals surface area contributed by atoms with E-state index in [-0.39, 0.29) is 6.42 Å². The van der Waals surface area contributed by atoms with Gasteiger partial charge in [0, 0.05) is 0 Å². The van der Waals surface area contributed by atoms with Crippen LogP contribution in [0.3, 0.4) is 0 Å². The van der Waals surface area contributed by atoms with Gasteiger partial charge in [0.25, 0.3) is 10.1 Å². The van der Waals surface area contributed by atoms with E-state index in [2.05, 4.69) is 0 Å². The van der Waals surface area contributed by atoms with Crippen LogP contribution in [0, 0.1) is 0 Å². The van der Waals surface area contributed by atoms with Gasteiger partial charge in [0.2, 0.25) is 0 Å². The minimum absolute atomic E-state index is 0.0938. The van der Waals surface area contributed by atoms with Gasteiger partial charge in [-0.1, -0.05) is 6.92 Å². The maximum atomic E-state index is 10.3. The van der Waals surface area contributed by atoms with Gasteiger partial charge in [0.05, 0.1) is 0 Å². The van der Waals surface area contributed by atoms with E-state index in [1.165, 1.54) is 6.92 Å². The van der Waals surface area contributed by atoms with E-state index >= 15 is 0 Å². The third kappa shape index (κ3) is 2.61. The van der Waals surface area contributed by atoms with Crippen LogP contribution in [0.5, 0.6) is 0 Å². The molecular weight excluding hydrogens is 158 g/mol. The number of hydrogen-bond acceptors (Lipinski definition) is 4. The third-order valence-corrected chi connectivity index (χ3v) is 2.54. The molecule has 2 unspecified atom stereocenters. The Morgan fingerprint density at radius 2 is 2.00 bits per heavy atom. The Kier molecular flexibility index (Phi) is 3.23. The van der Waals surface area contributed by atoms with E-state index in [4.69, 9.17) is 15.4 Å². The van der Waals surface area contributed by atoms with Gasteiger partial charge < -0.3 is 10.8 Å². The summed E-state index contributed by atoms with van der Waals surface area (Å²) in [7, 11) is -4.19. The Balaban J connectivity index is 4.38. The Hall–Kier alpha value is -0.170. The molecule has 10 heavy (non-hydrogen) atoms. The molecule has 0 aromatic rings. The van der Waals surface area contributed by atoms with Gasteiger partial charge in [-0.25, -0.2) is 0 Å². The number of nitrogens with two attached hydrogens (primary N) is 1. The second kappa shape index (κ2) is 3.29. The normalized spacial score (nSPS) is 18.4. The summed E-state index contributed by atoms with van der Waals surface area (Å²) in [4.78, 5) is 0. The summed E-state index contributed by atoms with van der Waals surface area (Å²) in [6.45, 7) is 1.51. The van der Waals surface area contributed by atoms with Crippen molar-refractivity contribution in [2.24, 2.45) is 5.73 Å². The summed E-state index contributed by atoms with van der Waals surface area (Å²) < 4.78 is 29.0. The van der Waals surface area contributed by atoms with Gasteiger partial charge >= 0.3 is 0 Å². The molecule has 0 aromatic carbocycles. The lowest BCUT2D eigenvalue weighted by atomic mass is 10.3. The van der Waals surface area contributed by atoms with Crippen LogP contribution in [0.1, 0.15) is 13.3 Å². The summed E-state index contributed by atoms with van der Waals surface area (Å²) in [6.07, 6.45) is -1.42. The summed E-state index contributed by atoms with van der Waals surface area (Å²) in [6, 6.07) is 0. The molecular formula is C4H11NO4S. The molecule has 0 rings (SSSR count). The van der Waals surface area contributed by atoms with Crippen LogP contribution >= 0.6 is 0 Å². The van der Waals surface area contributed by atoms with Gasteiger partial charge in [-0.3, -0.25) is 4.55 Å². The molecule has 4 N–H and O–H groups in total. The fourth-order valence-electron chi connectivity index (χ4n) is 0.628. The largest absolute Gasteiger partial charge is 0.377 e. The molecule has 0 saturated heterocycles. The Morgan fingerprint density at radius 1 is 1.60 bits per heavy atom. The highest BCUT2D eigenvalue weighted by molar-refractivity contribution is 7.86. The Bertz CT molecular complexity index is 185. The van der Waals surface area contributed by atoms with Crippen molar-refractivity contribution in [1.29, 1.82) is 0 Å². The molecule has 0 saturated carbocycles. The lowest BCUT2D eigenvalue weighted by Gasteiger charge is -2.13. The van der Waals surface area contributed by atoms with Crippen LogP contribution in [-0.4, -0.2) is 29.6 Å². The number of rotatable bonds is 3. The Labute approximate surface area is 59.6 Å². The average molecular weight is 169 g/mol. The summed E-state index contributed by atoms with van der Waals surface area (Å²) >= 11 is 0. The van der Waals surface area contributed by atoms with Crippen molar-refractivity contribution in [3.8, 4) is 0 Å². The van der Waals surface area contributed by atoms with Gasteiger partial charge in [0.15, 0.2) is 0 Å². The lowest BCUT2D eigenvalue weighted by molar-refractivity contribution is 0.170. The van der Waals surface area contributed by atoms with Crippen molar-refractivity contribution in [2.75, 3.05) is 0 Å². The number of aliphatic hydroxyl groups is 1. The first-order valence-electron chi connectivity index (χ1n) is 2.79. The van der Waals surface area contributed by atoms with Crippen LogP contribution in [0.25, 0.3) is 0 Å². The van der Waals surface area contributed by atoms with Gasteiger partial charge in [-0.2, -0.15) is 8.42 Å². The van der Waals surface area contributed by atoms with Crippen LogP contribution < -0.4 is 5.73 Å².